The molecule has 0 spiro atoms. The standard InChI is InChI=1S/C25H23FN4O2S/c1-25(2,3)33(31)30-21(14-16-12-13-20(26)22(15-27)28-16)17-8-4-5-9-18(17)24-19-10-6-7-11-23(19)32-29-24/h4-13,21,30H,14H2,1-3H3/t21-,33-/m0/s1. The number of rotatable bonds is 6. The molecular formula is C25H23FN4O2S. The molecule has 0 bridgehead atoms. The number of nitrogens with one attached hydrogen (secondary N) is 1. The molecule has 4 rings (SSSR count). The molecule has 2 aromatic heterocycles. The van der Waals surface area contributed by atoms with Gasteiger partial charge in [0.25, 0.3) is 0 Å². The van der Waals surface area contributed by atoms with Crippen LogP contribution >= 0.6 is 0 Å². The second kappa shape index (κ2) is 9.22. The number of fused-ring (bicyclic) bond motifs is 1. The first-order valence-electron chi connectivity index (χ1n) is 10.4. The number of aromatic nitrogens is 2. The van der Waals surface area contributed by atoms with E-state index in [2.05, 4.69) is 14.9 Å². The van der Waals surface area contributed by atoms with Crippen LogP contribution in [0.25, 0.3) is 22.2 Å². The number of halogens is 1. The molecule has 168 valence electrons. The number of para-hydroxylation sites is 1. The van der Waals surface area contributed by atoms with Gasteiger partial charge in [-0.25, -0.2) is 18.3 Å². The lowest BCUT2D eigenvalue weighted by molar-refractivity contribution is 0.459. The van der Waals surface area contributed by atoms with E-state index in [0.29, 0.717) is 23.4 Å². The monoisotopic (exact) mass is 462 g/mol. The molecule has 6 nitrogen and oxygen atoms in total. The molecular weight excluding hydrogens is 439 g/mol. The van der Waals surface area contributed by atoms with Crippen LogP contribution < -0.4 is 4.72 Å². The first kappa shape index (κ1) is 22.8. The van der Waals surface area contributed by atoms with Crippen LogP contribution in [0.15, 0.2) is 65.2 Å². The average molecular weight is 463 g/mol. The van der Waals surface area contributed by atoms with Crippen molar-refractivity contribution in [1.29, 1.82) is 5.26 Å². The van der Waals surface area contributed by atoms with Gasteiger partial charge in [-0.2, -0.15) is 5.26 Å². The summed E-state index contributed by atoms with van der Waals surface area (Å²) in [4.78, 5) is 4.16. The van der Waals surface area contributed by atoms with Crippen molar-refractivity contribution < 1.29 is 13.1 Å². The van der Waals surface area contributed by atoms with Crippen LogP contribution in [0.2, 0.25) is 0 Å². The predicted octanol–water partition coefficient (Wildman–Crippen LogP) is 5.24. The van der Waals surface area contributed by atoms with Crippen LogP contribution in [0, 0.1) is 17.1 Å². The summed E-state index contributed by atoms with van der Waals surface area (Å²) in [6.07, 6.45) is 0.295. The predicted molar refractivity (Wildman–Crippen MR) is 126 cm³/mol. The SMILES string of the molecule is CC(C)(C)[S@](=O)N[C@@H](Cc1ccc(F)c(C#N)n1)c1ccccc1-c1noc2ccccc12. The van der Waals surface area contributed by atoms with Gasteiger partial charge in [0.05, 0.1) is 21.8 Å². The lowest BCUT2D eigenvalue weighted by Crippen LogP contribution is -2.36. The van der Waals surface area contributed by atoms with Crippen LogP contribution in [-0.4, -0.2) is 19.1 Å². The van der Waals surface area contributed by atoms with Gasteiger partial charge in [-0.15, -0.1) is 0 Å². The third kappa shape index (κ3) is 4.85. The number of nitriles is 1. The third-order valence-corrected chi connectivity index (χ3v) is 6.81. The lowest BCUT2D eigenvalue weighted by atomic mass is 9.94. The molecule has 0 aliphatic rings. The number of benzene rings is 2. The Balaban J connectivity index is 1.81. The van der Waals surface area contributed by atoms with Gasteiger partial charge in [-0.3, -0.25) is 0 Å². The number of hydrogen-bond acceptors (Lipinski definition) is 5. The van der Waals surface area contributed by atoms with E-state index in [1.807, 2.05) is 69.3 Å². The zero-order valence-corrected chi connectivity index (χ0v) is 19.3. The van der Waals surface area contributed by atoms with E-state index in [0.717, 1.165) is 16.5 Å². The highest BCUT2D eigenvalue weighted by Crippen LogP contribution is 2.34. The second-order valence-electron chi connectivity index (χ2n) is 8.62. The van der Waals surface area contributed by atoms with Crippen molar-refractivity contribution in [3.05, 3.63) is 83.4 Å². The molecule has 1 N–H and O–H groups in total. The van der Waals surface area contributed by atoms with E-state index < -0.39 is 27.6 Å². The summed E-state index contributed by atoms with van der Waals surface area (Å²) in [6, 6.07) is 19.4. The molecule has 0 unspecified atom stereocenters. The third-order valence-electron chi connectivity index (χ3n) is 5.20. The van der Waals surface area contributed by atoms with Crippen molar-refractivity contribution in [2.45, 2.75) is 38.0 Å². The van der Waals surface area contributed by atoms with Gasteiger partial charge in [0, 0.05) is 23.1 Å². The summed E-state index contributed by atoms with van der Waals surface area (Å²) < 4.78 is 35.1. The van der Waals surface area contributed by atoms with E-state index in [1.54, 1.807) is 12.1 Å². The maximum Gasteiger partial charge on any atom is 0.176 e. The van der Waals surface area contributed by atoms with Crippen molar-refractivity contribution >= 4 is 22.0 Å². The number of nitrogens with zero attached hydrogens (tertiary/aromatic N) is 3. The van der Waals surface area contributed by atoms with Crippen molar-refractivity contribution in [2.75, 3.05) is 0 Å². The van der Waals surface area contributed by atoms with Crippen molar-refractivity contribution in [3.8, 4) is 17.3 Å². The average Bonchev–Trinajstić information content (AvgIpc) is 3.23. The molecule has 4 aromatic rings. The largest absolute Gasteiger partial charge is 0.356 e. The molecule has 0 saturated carbocycles. The normalized spacial score (nSPS) is 13.5. The number of hydrogen-bond donors (Lipinski definition) is 1. The first-order valence-corrected chi connectivity index (χ1v) is 11.6. The molecule has 0 radical (unpaired) electrons. The highest BCUT2D eigenvalue weighted by molar-refractivity contribution is 7.84. The highest BCUT2D eigenvalue weighted by Gasteiger charge is 2.27. The van der Waals surface area contributed by atoms with Crippen LogP contribution in [0.1, 0.15) is 43.8 Å². The Hall–Kier alpha value is -3.41. The maximum absolute atomic E-state index is 13.8. The van der Waals surface area contributed by atoms with Crippen LogP contribution in [0.3, 0.4) is 0 Å². The Bertz CT molecular complexity index is 1370. The molecule has 0 saturated heterocycles. The fourth-order valence-electron chi connectivity index (χ4n) is 3.50. The van der Waals surface area contributed by atoms with Crippen LogP contribution in [0.5, 0.6) is 0 Å². The Kier molecular flexibility index (Phi) is 6.36. The lowest BCUT2D eigenvalue weighted by Gasteiger charge is -2.26. The fourth-order valence-corrected chi connectivity index (χ4v) is 4.32. The van der Waals surface area contributed by atoms with Crippen molar-refractivity contribution in [1.82, 2.24) is 14.9 Å². The van der Waals surface area contributed by atoms with E-state index in [4.69, 9.17) is 4.52 Å². The molecule has 0 aliphatic heterocycles. The Labute approximate surface area is 194 Å². The molecule has 0 fully saturated rings. The Morgan fingerprint density at radius 2 is 1.85 bits per heavy atom. The summed E-state index contributed by atoms with van der Waals surface area (Å²) >= 11 is 0. The van der Waals surface area contributed by atoms with Gasteiger partial charge in [0.15, 0.2) is 17.1 Å². The summed E-state index contributed by atoms with van der Waals surface area (Å²) in [6.45, 7) is 5.65. The van der Waals surface area contributed by atoms with Gasteiger partial charge in [-0.05, 0) is 50.6 Å². The number of pyridine rings is 1. The quantitative estimate of drug-likeness (QED) is 0.423. The molecule has 0 aliphatic carbocycles. The molecule has 33 heavy (non-hydrogen) atoms. The zero-order valence-electron chi connectivity index (χ0n) is 18.5. The van der Waals surface area contributed by atoms with E-state index in [9.17, 15) is 13.9 Å². The summed E-state index contributed by atoms with van der Waals surface area (Å²) in [7, 11) is -1.40. The fraction of sp³-hybridized carbons (Fsp3) is 0.240. The molecule has 0 amide bonds. The van der Waals surface area contributed by atoms with Gasteiger partial charge in [0.1, 0.15) is 11.8 Å². The highest BCUT2D eigenvalue weighted by atomic mass is 32.2. The van der Waals surface area contributed by atoms with Gasteiger partial charge in [0.2, 0.25) is 0 Å². The van der Waals surface area contributed by atoms with E-state index in [-0.39, 0.29) is 5.69 Å². The van der Waals surface area contributed by atoms with Gasteiger partial charge < -0.3 is 4.52 Å². The van der Waals surface area contributed by atoms with Crippen LogP contribution in [-0.2, 0) is 17.4 Å². The molecule has 2 aromatic carbocycles. The summed E-state index contributed by atoms with van der Waals surface area (Å²) in [5.41, 5.74) is 3.27. The minimum absolute atomic E-state index is 0.265. The van der Waals surface area contributed by atoms with Crippen LogP contribution in [0.4, 0.5) is 4.39 Å². The second-order valence-corrected chi connectivity index (χ2v) is 10.6. The summed E-state index contributed by atoms with van der Waals surface area (Å²) in [5, 5.41) is 14.3. The zero-order chi connectivity index (χ0) is 23.6. The minimum atomic E-state index is -1.40. The van der Waals surface area contributed by atoms with Crippen molar-refractivity contribution in [2.24, 2.45) is 0 Å². The van der Waals surface area contributed by atoms with E-state index in [1.165, 1.54) is 6.07 Å². The molecule has 8 heteroatoms. The Morgan fingerprint density at radius 3 is 2.61 bits per heavy atom. The summed E-state index contributed by atoms with van der Waals surface area (Å²) in [5.74, 6) is -0.668. The Morgan fingerprint density at radius 1 is 1.12 bits per heavy atom. The van der Waals surface area contributed by atoms with E-state index >= 15 is 0 Å². The first-order chi connectivity index (χ1) is 15.8. The molecule has 2 heterocycles. The van der Waals surface area contributed by atoms with Crippen molar-refractivity contribution in [3.63, 3.8) is 0 Å². The van der Waals surface area contributed by atoms with Gasteiger partial charge >= 0.3 is 0 Å². The topological polar surface area (TPSA) is 91.8 Å². The maximum atomic E-state index is 13.8. The van der Waals surface area contributed by atoms with Gasteiger partial charge in [-0.1, -0.05) is 41.6 Å². The molecule has 2 atom stereocenters. The smallest absolute Gasteiger partial charge is 0.176 e. The minimum Gasteiger partial charge on any atom is -0.356 e.